The van der Waals surface area contributed by atoms with Crippen molar-refractivity contribution in [2.45, 2.75) is 10.6 Å². The molecular weight excluding hydrogens is 324 g/mol. The number of nitrogens with one attached hydrogen (secondary N) is 1. The van der Waals surface area contributed by atoms with Crippen LogP contribution in [0.25, 0.3) is 11.4 Å². The van der Waals surface area contributed by atoms with Gasteiger partial charge in [-0.25, -0.2) is 22.2 Å². The molecule has 5 nitrogen and oxygen atoms in total. The van der Waals surface area contributed by atoms with Gasteiger partial charge in [-0.05, 0) is 24.3 Å². The third kappa shape index (κ3) is 3.26. The standard InChI is InChI=1S/C15H11F2N3O2S/c16-10-6-7-12(13(17)8-10)15-18-14(19-20-15)9-23(21,22)11-4-2-1-3-5-11/h1-8H,9H2,(H,18,19,20). The highest BCUT2D eigenvalue weighted by atomic mass is 32.2. The number of H-pyrrole nitrogens is 1. The molecule has 0 amide bonds. The second-order valence-electron chi connectivity index (χ2n) is 4.80. The summed E-state index contributed by atoms with van der Waals surface area (Å²) in [5.74, 6) is -1.88. The molecule has 8 heteroatoms. The van der Waals surface area contributed by atoms with Gasteiger partial charge in [0.1, 0.15) is 23.2 Å². The Morgan fingerprint density at radius 3 is 2.48 bits per heavy atom. The molecular formula is C15H11F2N3O2S. The Morgan fingerprint density at radius 2 is 1.78 bits per heavy atom. The second kappa shape index (κ2) is 5.88. The Hall–Kier alpha value is -2.61. The third-order valence-electron chi connectivity index (χ3n) is 3.13. The van der Waals surface area contributed by atoms with E-state index in [2.05, 4.69) is 15.2 Å². The van der Waals surface area contributed by atoms with Gasteiger partial charge in [-0.2, -0.15) is 5.10 Å². The lowest BCUT2D eigenvalue weighted by atomic mass is 10.2. The van der Waals surface area contributed by atoms with E-state index in [1.165, 1.54) is 18.2 Å². The molecule has 118 valence electrons. The molecule has 0 aliphatic rings. The fourth-order valence-electron chi connectivity index (χ4n) is 2.04. The van der Waals surface area contributed by atoms with Crippen molar-refractivity contribution in [3.63, 3.8) is 0 Å². The zero-order chi connectivity index (χ0) is 16.4. The number of rotatable bonds is 4. The summed E-state index contributed by atoms with van der Waals surface area (Å²) in [6.07, 6.45) is 0. The summed E-state index contributed by atoms with van der Waals surface area (Å²) >= 11 is 0. The lowest BCUT2D eigenvalue weighted by molar-refractivity contribution is 0.585. The van der Waals surface area contributed by atoms with Crippen LogP contribution >= 0.6 is 0 Å². The van der Waals surface area contributed by atoms with E-state index in [0.29, 0.717) is 6.07 Å². The van der Waals surface area contributed by atoms with E-state index in [0.717, 1.165) is 6.07 Å². The van der Waals surface area contributed by atoms with Crippen LogP contribution < -0.4 is 0 Å². The average Bonchev–Trinajstić information content (AvgIpc) is 2.95. The molecule has 0 bridgehead atoms. The number of nitrogens with zero attached hydrogens (tertiary/aromatic N) is 2. The van der Waals surface area contributed by atoms with E-state index < -0.39 is 27.2 Å². The topological polar surface area (TPSA) is 75.7 Å². The SMILES string of the molecule is O=S(=O)(Cc1nc(-c2ccc(F)cc2F)n[nH]1)c1ccccc1. The van der Waals surface area contributed by atoms with Crippen molar-refractivity contribution in [2.24, 2.45) is 0 Å². The number of sulfone groups is 1. The molecule has 3 aromatic rings. The van der Waals surface area contributed by atoms with Crippen LogP contribution in [0.3, 0.4) is 0 Å². The quantitative estimate of drug-likeness (QED) is 0.795. The Kier molecular flexibility index (Phi) is 3.91. The van der Waals surface area contributed by atoms with E-state index in [4.69, 9.17) is 0 Å². The fraction of sp³-hybridized carbons (Fsp3) is 0.0667. The summed E-state index contributed by atoms with van der Waals surface area (Å²) in [7, 11) is -3.59. The minimum atomic E-state index is -3.59. The Morgan fingerprint density at radius 1 is 1.04 bits per heavy atom. The lowest BCUT2D eigenvalue weighted by Crippen LogP contribution is -2.06. The van der Waals surface area contributed by atoms with E-state index >= 15 is 0 Å². The molecule has 0 saturated carbocycles. The van der Waals surface area contributed by atoms with Crippen LogP contribution in [0.5, 0.6) is 0 Å². The highest BCUT2D eigenvalue weighted by molar-refractivity contribution is 7.90. The van der Waals surface area contributed by atoms with Crippen molar-refractivity contribution in [3.05, 3.63) is 66.0 Å². The van der Waals surface area contributed by atoms with Gasteiger partial charge in [0.25, 0.3) is 0 Å². The molecule has 0 fully saturated rings. The maximum atomic E-state index is 13.7. The molecule has 3 rings (SSSR count). The summed E-state index contributed by atoms with van der Waals surface area (Å²) < 4.78 is 51.1. The van der Waals surface area contributed by atoms with Gasteiger partial charge in [-0.3, -0.25) is 5.10 Å². The first kappa shape index (κ1) is 15.3. The first-order valence-electron chi connectivity index (χ1n) is 6.60. The lowest BCUT2D eigenvalue weighted by Gasteiger charge is -2.01. The summed E-state index contributed by atoms with van der Waals surface area (Å²) in [6.45, 7) is 0. The fourth-order valence-corrected chi connectivity index (χ4v) is 3.27. The summed E-state index contributed by atoms with van der Waals surface area (Å²) in [4.78, 5) is 4.13. The van der Waals surface area contributed by atoms with Crippen molar-refractivity contribution in [1.82, 2.24) is 15.2 Å². The van der Waals surface area contributed by atoms with Crippen molar-refractivity contribution in [3.8, 4) is 11.4 Å². The van der Waals surface area contributed by atoms with Gasteiger partial charge in [-0.15, -0.1) is 0 Å². The zero-order valence-corrected chi connectivity index (χ0v) is 12.5. The molecule has 1 aromatic heterocycles. The number of halogens is 2. The minimum absolute atomic E-state index is 0.00832. The zero-order valence-electron chi connectivity index (χ0n) is 11.7. The minimum Gasteiger partial charge on any atom is -0.262 e. The summed E-state index contributed by atoms with van der Waals surface area (Å²) in [5, 5.41) is 6.26. The Balaban J connectivity index is 1.88. The molecule has 0 unspecified atom stereocenters. The van der Waals surface area contributed by atoms with Crippen LogP contribution in [0.1, 0.15) is 5.82 Å². The first-order chi connectivity index (χ1) is 11.0. The van der Waals surface area contributed by atoms with Crippen molar-refractivity contribution >= 4 is 9.84 Å². The molecule has 0 spiro atoms. The van der Waals surface area contributed by atoms with Crippen LogP contribution in [0.2, 0.25) is 0 Å². The van der Waals surface area contributed by atoms with Gasteiger partial charge < -0.3 is 0 Å². The molecule has 0 radical (unpaired) electrons. The molecule has 0 atom stereocenters. The number of aromatic amines is 1. The molecule has 0 aliphatic heterocycles. The van der Waals surface area contributed by atoms with E-state index in [9.17, 15) is 17.2 Å². The van der Waals surface area contributed by atoms with E-state index in [-0.39, 0.29) is 22.1 Å². The van der Waals surface area contributed by atoms with Gasteiger partial charge in [-0.1, -0.05) is 18.2 Å². The highest BCUT2D eigenvalue weighted by Crippen LogP contribution is 2.21. The smallest absolute Gasteiger partial charge is 0.185 e. The average molecular weight is 335 g/mol. The predicted molar refractivity (Wildman–Crippen MR) is 79.1 cm³/mol. The number of benzene rings is 2. The van der Waals surface area contributed by atoms with Crippen molar-refractivity contribution in [1.29, 1.82) is 0 Å². The maximum absolute atomic E-state index is 13.7. The Labute approximate surface area is 130 Å². The largest absolute Gasteiger partial charge is 0.262 e. The second-order valence-corrected chi connectivity index (χ2v) is 6.79. The number of hydrogen-bond acceptors (Lipinski definition) is 4. The van der Waals surface area contributed by atoms with Crippen LogP contribution in [0.15, 0.2) is 53.4 Å². The van der Waals surface area contributed by atoms with Crippen molar-refractivity contribution < 1.29 is 17.2 Å². The predicted octanol–water partition coefficient (Wildman–Crippen LogP) is 2.72. The van der Waals surface area contributed by atoms with Gasteiger partial charge in [0, 0.05) is 6.07 Å². The van der Waals surface area contributed by atoms with E-state index in [1.807, 2.05) is 0 Å². The van der Waals surface area contributed by atoms with Gasteiger partial charge in [0.2, 0.25) is 0 Å². The van der Waals surface area contributed by atoms with Crippen LogP contribution in [-0.4, -0.2) is 23.6 Å². The molecule has 2 aromatic carbocycles. The molecule has 1 N–H and O–H groups in total. The molecule has 0 saturated heterocycles. The van der Waals surface area contributed by atoms with E-state index in [1.54, 1.807) is 18.2 Å². The first-order valence-corrected chi connectivity index (χ1v) is 8.25. The van der Waals surface area contributed by atoms with Gasteiger partial charge in [0.05, 0.1) is 10.5 Å². The maximum Gasteiger partial charge on any atom is 0.185 e. The van der Waals surface area contributed by atoms with Gasteiger partial charge in [0.15, 0.2) is 15.7 Å². The van der Waals surface area contributed by atoms with Crippen molar-refractivity contribution in [2.75, 3.05) is 0 Å². The monoisotopic (exact) mass is 335 g/mol. The number of aromatic nitrogens is 3. The molecule has 0 aliphatic carbocycles. The molecule has 23 heavy (non-hydrogen) atoms. The number of hydrogen-bond donors (Lipinski definition) is 1. The Bertz CT molecular complexity index is 940. The highest BCUT2D eigenvalue weighted by Gasteiger charge is 2.19. The summed E-state index contributed by atoms with van der Waals surface area (Å²) in [5.41, 5.74) is -0.00832. The van der Waals surface area contributed by atoms with Crippen LogP contribution in [0.4, 0.5) is 8.78 Å². The van der Waals surface area contributed by atoms with Gasteiger partial charge >= 0.3 is 0 Å². The van der Waals surface area contributed by atoms with Crippen LogP contribution in [0, 0.1) is 11.6 Å². The summed E-state index contributed by atoms with van der Waals surface area (Å²) in [6, 6.07) is 10.9. The van der Waals surface area contributed by atoms with Crippen LogP contribution in [-0.2, 0) is 15.6 Å². The normalized spacial score (nSPS) is 11.6. The third-order valence-corrected chi connectivity index (χ3v) is 4.78. The molecule has 1 heterocycles.